The Morgan fingerprint density at radius 2 is 1.89 bits per heavy atom. The molecule has 0 saturated heterocycles. The molecule has 3 atom stereocenters. The van der Waals surface area contributed by atoms with Crippen LogP contribution in [-0.2, 0) is 0 Å². The van der Waals surface area contributed by atoms with Gasteiger partial charge in [-0.1, -0.05) is 54.1 Å². The zero-order chi connectivity index (χ0) is 13.4. The first-order valence-corrected chi connectivity index (χ1v) is 7.03. The second-order valence-corrected chi connectivity index (χ2v) is 5.78. The van der Waals surface area contributed by atoms with Gasteiger partial charge in [-0.3, -0.25) is 0 Å². The van der Waals surface area contributed by atoms with Crippen LogP contribution < -0.4 is 0 Å². The second-order valence-electron chi connectivity index (χ2n) is 5.37. The number of halogens is 1. The van der Waals surface area contributed by atoms with Crippen molar-refractivity contribution in [3.8, 4) is 0 Å². The molecule has 98 valence electrons. The molecule has 0 aliphatic heterocycles. The third kappa shape index (κ3) is 2.54. The number of aryl methyl sites for hydroxylation is 1. The monoisotopic (exact) mass is 272 g/mol. The van der Waals surface area contributed by atoms with Crippen LogP contribution in [-0.4, -0.2) is 5.11 Å². The molecule has 0 spiro atoms. The van der Waals surface area contributed by atoms with Crippen LogP contribution in [0.3, 0.4) is 0 Å². The minimum Gasteiger partial charge on any atom is -0.388 e. The molecular formula is C17H17ClO. The van der Waals surface area contributed by atoms with Crippen molar-refractivity contribution >= 4 is 11.6 Å². The molecule has 1 N–H and O–H groups in total. The van der Waals surface area contributed by atoms with Gasteiger partial charge in [0.25, 0.3) is 0 Å². The van der Waals surface area contributed by atoms with Crippen molar-refractivity contribution in [3.63, 3.8) is 0 Å². The van der Waals surface area contributed by atoms with Crippen molar-refractivity contribution in [2.75, 3.05) is 0 Å². The number of hydrogen-bond donors (Lipinski definition) is 1. The van der Waals surface area contributed by atoms with Crippen LogP contribution in [0.1, 0.15) is 35.1 Å². The summed E-state index contributed by atoms with van der Waals surface area (Å²) in [4.78, 5) is 0. The highest BCUT2D eigenvalue weighted by atomic mass is 35.5. The van der Waals surface area contributed by atoms with E-state index in [1.807, 2.05) is 31.2 Å². The lowest BCUT2D eigenvalue weighted by atomic mass is 10.00. The topological polar surface area (TPSA) is 20.2 Å². The standard InChI is InChI=1S/C17H17ClO/c1-11-9-13(7-8-16(11)18)17(19)15-10-14(15)12-5-3-2-4-6-12/h2-9,14-15,17,19H,10H2,1H3. The zero-order valence-electron chi connectivity index (χ0n) is 10.9. The summed E-state index contributed by atoms with van der Waals surface area (Å²) in [5.74, 6) is 0.829. The maximum atomic E-state index is 10.5. The molecule has 1 saturated carbocycles. The largest absolute Gasteiger partial charge is 0.388 e. The molecule has 2 aromatic carbocycles. The van der Waals surface area contributed by atoms with Crippen molar-refractivity contribution in [1.29, 1.82) is 0 Å². The third-order valence-corrected chi connectivity index (χ3v) is 4.42. The maximum Gasteiger partial charge on any atom is 0.0824 e. The molecule has 0 amide bonds. The van der Waals surface area contributed by atoms with E-state index in [2.05, 4.69) is 24.3 Å². The van der Waals surface area contributed by atoms with E-state index in [1.54, 1.807) is 0 Å². The highest BCUT2D eigenvalue weighted by Crippen LogP contribution is 2.54. The number of aliphatic hydroxyl groups is 1. The van der Waals surface area contributed by atoms with E-state index in [-0.39, 0.29) is 6.10 Å². The van der Waals surface area contributed by atoms with Crippen LogP contribution in [0.2, 0.25) is 5.02 Å². The Hall–Kier alpha value is -1.31. The summed E-state index contributed by atoms with van der Waals surface area (Å²) in [5.41, 5.74) is 3.33. The fraction of sp³-hybridized carbons (Fsp3) is 0.294. The number of hydrogen-bond acceptors (Lipinski definition) is 1. The maximum absolute atomic E-state index is 10.5. The average Bonchev–Trinajstić information content (AvgIpc) is 3.22. The van der Waals surface area contributed by atoms with Gasteiger partial charge >= 0.3 is 0 Å². The van der Waals surface area contributed by atoms with E-state index in [9.17, 15) is 5.11 Å². The number of benzene rings is 2. The molecule has 1 aliphatic rings. The number of rotatable bonds is 3. The predicted octanol–water partition coefficient (Wildman–Crippen LogP) is 4.49. The van der Waals surface area contributed by atoms with Crippen LogP contribution in [0.5, 0.6) is 0 Å². The van der Waals surface area contributed by atoms with Gasteiger partial charge in [-0.05, 0) is 47.9 Å². The summed E-state index contributed by atoms with van der Waals surface area (Å²) < 4.78 is 0. The minimum atomic E-state index is -0.388. The van der Waals surface area contributed by atoms with Gasteiger partial charge in [-0.25, -0.2) is 0 Å². The van der Waals surface area contributed by atoms with Crippen LogP contribution in [0, 0.1) is 12.8 Å². The Bertz CT molecular complexity index is 579. The van der Waals surface area contributed by atoms with Crippen LogP contribution >= 0.6 is 11.6 Å². The van der Waals surface area contributed by atoms with E-state index < -0.39 is 0 Å². The molecule has 2 aromatic rings. The molecule has 0 aromatic heterocycles. The average molecular weight is 273 g/mol. The first-order valence-electron chi connectivity index (χ1n) is 6.66. The summed E-state index contributed by atoms with van der Waals surface area (Å²) in [6, 6.07) is 16.2. The van der Waals surface area contributed by atoms with Crippen molar-refractivity contribution < 1.29 is 5.11 Å². The second kappa shape index (κ2) is 4.99. The summed E-state index contributed by atoms with van der Waals surface area (Å²) in [6.45, 7) is 1.97. The van der Waals surface area contributed by atoms with E-state index in [1.165, 1.54) is 5.56 Å². The zero-order valence-corrected chi connectivity index (χ0v) is 11.6. The van der Waals surface area contributed by atoms with E-state index in [4.69, 9.17) is 11.6 Å². The van der Waals surface area contributed by atoms with Gasteiger partial charge in [-0.2, -0.15) is 0 Å². The highest BCUT2D eigenvalue weighted by Gasteiger charge is 2.43. The predicted molar refractivity (Wildman–Crippen MR) is 78.4 cm³/mol. The van der Waals surface area contributed by atoms with Gasteiger partial charge in [0, 0.05) is 5.02 Å². The SMILES string of the molecule is Cc1cc(C(O)C2CC2c2ccccc2)ccc1Cl. The molecule has 1 fully saturated rings. The van der Waals surface area contributed by atoms with Gasteiger partial charge in [0.15, 0.2) is 0 Å². The van der Waals surface area contributed by atoms with E-state index in [0.717, 1.165) is 22.6 Å². The fourth-order valence-electron chi connectivity index (χ4n) is 2.75. The molecule has 2 heteroatoms. The van der Waals surface area contributed by atoms with Gasteiger partial charge in [-0.15, -0.1) is 0 Å². The van der Waals surface area contributed by atoms with Gasteiger partial charge in [0.05, 0.1) is 6.10 Å². The summed E-state index contributed by atoms with van der Waals surface area (Å²) >= 11 is 6.02. The summed E-state index contributed by atoms with van der Waals surface area (Å²) in [7, 11) is 0. The molecular weight excluding hydrogens is 256 g/mol. The van der Waals surface area contributed by atoms with E-state index >= 15 is 0 Å². The molecule has 0 heterocycles. The normalized spacial score (nSPS) is 23.1. The van der Waals surface area contributed by atoms with Crippen LogP contribution in [0.4, 0.5) is 0 Å². The quantitative estimate of drug-likeness (QED) is 0.873. The van der Waals surface area contributed by atoms with Gasteiger partial charge in [0.1, 0.15) is 0 Å². The number of aliphatic hydroxyl groups excluding tert-OH is 1. The molecule has 0 radical (unpaired) electrons. The first kappa shape index (κ1) is 12.7. The van der Waals surface area contributed by atoms with Crippen LogP contribution in [0.25, 0.3) is 0 Å². The first-order chi connectivity index (χ1) is 9.16. The molecule has 1 aliphatic carbocycles. The Labute approximate surface area is 118 Å². The third-order valence-electron chi connectivity index (χ3n) is 4.00. The molecule has 3 rings (SSSR count). The lowest BCUT2D eigenvalue weighted by Crippen LogP contribution is -2.01. The smallest absolute Gasteiger partial charge is 0.0824 e. The van der Waals surface area contributed by atoms with E-state index in [0.29, 0.717) is 11.8 Å². The Morgan fingerprint density at radius 1 is 1.16 bits per heavy atom. The molecule has 3 unspecified atom stereocenters. The highest BCUT2D eigenvalue weighted by molar-refractivity contribution is 6.31. The van der Waals surface area contributed by atoms with Crippen LogP contribution in [0.15, 0.2) is 48.5 Å². The van der Waals surface area contributed by atoms with Crippen molar-refractivity contribution in [2.24, 2.45) is 5.92 Å². The Morgan fingerprint density at radius 3 is 2.58 bits per heavy atom. The lowest BCUT2D eigenvalue weighted by Gasteiger charge is -2.12. The molecule has 0 bridgehead atoms. The fourth-order valence-corrected chi connectivity index (χ4v) is 2.86. The summed E-state index contributed by atoms with van der Waals surface area (Å²) in [5, 5.41) is 11.2. The van der Waals surface area contributed by atoms with Gasteiger partial charge < -0.3 is 5.11 Å². The van der Waals surface area contributed by atoms with Crippen molar-refractivity contribution in [1.82, 2.24) is 0 Å². The Balaban J connectivity index is 1.76. The summed E-state index contributed by atoms with van der Waals surface area (Å²) in [6.07, 6.45) is 0.675. The molecule has 1 nitrogen and oxygen atoms in total. The van der Waals surface area contributed by atoms with Crippen molar-refractivity contribution in [2.45, 2.75) is 25.4 Å². The van der Waals surface area contributed by atoms with Gasteiger partial charge in [0.2, 0.25) is 0 Å². The Kier molecular flexibility index (Phi) is 3.34. The van der Waals surface area contributed by atoms with Crippen molar-refractivity contribution in [3.05, 3.63) is 70.2 Å². The minimum absolute atomic E-state index is 0.336. The molecule has 19 heavy (non-hydrogen) atoms. The lowest BCUT2D eigenvalue weighted by molar-refractivity contribution is 0.151.